The molecule has 1 aliphatic rings. The largest absolute Gasteiger partial charge is 0.468 e. The summed E-state index contributed by atoms with van der Waals surface area (Å²) in [7, 11) is -3.49. The summed E-state index contributed by atoms with van der Waals surface area (Å²) in [6, 6.07) is 5.92. The highest BCUT2D eigenvalue weighted by atomic mass is 32.2. The topological polar surface area (TPSA) is 50.5 Å². The molecule has 1 aromatic carbocycles. The van der Waals surface area contributed by atoms with Crippen LogP contribution in [0, 0.1) is 27.7 Å². The lowest BCUT2D eigenvalue weighted by Crippen LogP contribution is -2.34. The Hall–Kier alpha value is -1.24. The molecule has 1 fully saturated rings. The van der Waals surface area contributed by atoms with Crippen molar-refractivity contribution in [3.63, 3.8) is 0 Å². The van der Waals surface area contributed by atoms with Crippen LogP contribution in [0.15, 0.2) is 33.8 Å². The van der Waals surface area contributed by atoms with Gasteiger partial charge in [0.15, 0.2) is 0 Å². The molecule has 4 nitrogen and oxygen atoms in total. The Bertz CT molecular complexity index is 831. The van der Waals surface area contributed by atoms with Crippen LogP contribution < -0.4 is 0 Å². The molecule has 0 aliphatic carbocycles. The zero-order valence-corrected chi connectivity index (χ0v) is 16.8. The van der Waals surface area contributed by atoms with E-state index in [1.54, 1.807) is 22.3 Å². The molecule has 1 aromatic heterocycles. The number of sulfonamides is 1. The number of furan rings is 1. The van der Waals surface area contributed by atoms with Gasteiger partial charge in [0.2, 0.25) is 10.0 Å². The smallest absolute Gasteiger partial charge is 0.243 e. The van der Waals surface area contributed by atoms with Crippen LogP contribution in [0.25, 0.3) is 0 Å². The van der Waals surface area contributed by atoms with Crippen LogP contribution in [0.5, 0.6) is 0 Å². The molecule has 1 atom stereocenters. The van der Waals surface area contributed by atoms with Crippen molar-refractivity contribution < 1.29 is 12.8 Å². The predicted molar refractivity (Wildman–Crippen MR) is 103 cm³/mol. The van der Waals surface area contributed by atoms with E-state index >= 15 is 0 Å². The van der Waals surface area contributed by atoms with E-state index in [-0.39, 0.29) is 5.25 Å². The second-order valence-corrected chi connectivity index (χ2v) is 9.84. The lowest BCUT2D eigenvalue weighted by atomic mass is 10.0. The third-order valence-electron chi connectivity index (χ3n) is 5.06. The molecule has 0 radical (unpaired) electrons. The maximum Gasteiger partial charge on any atom is 0.243 e. The molecular weight excluding hydrogens is 354 g/mol. The van der Waals surface area contributed by atoms with Crippen molar-refractivity contribution >= 4 is 21.8 Å². The van der Waals surface area contributed by atoms with Crippen molar-refractivity contribution in [2.24, 2.45) is 0 Å². The minimum absolute atomic E-state index is 0.219. The van der Waals surface area contributed by atoms with Crippen molar-refractivity contribution in [1.82, 2.24) is 4.31 Å². The average molecular weight is 380 g/mol. The highest BCUT2D eigenvalue weighted by Crippen LogP contribution is 2.37. The fourth-order valence-corrected chi connectivity index (χ4v) is 6.72. The van der Waals surface area contributed by atoms with Crippen molar-refractivity contribution in [1.29, 1.82) is 0 Å². The molecule has 2 aromatic rings. The van der Waals surface area contributed by atoms with Crippen molar-refractivity contribution in [2.75, 3.05) is 18.8 Å². The summed E-state index contributed by atoms with van der Waals surface area (Å²) in [5.74, 6) is 1.70. The zero-order valence-electron chi connectivity index (χ0n) is 15.2. The molecule has 136 valence electrons. The monoisotopic (exact) mass is 379 g/mol. The van der Waals surface area contributed by atoms with Gasteiger partial charge in [-0.15, -0.1) is 11.8 Å². The lowest BCUT2D eigenvalue weighted by molar-refractivity contribution is 0.416. The van der Waals surface area contributed by atoms with Crippen molar-refractivity contribution in [3.05, 3.63) is 52.5 Å². The highest BCUT2D eigenvalue weighted by Gasteiger charge is 2.32. The normalized spacial score (nSPS) is 19.8. The summed E-state index contributed by atoms with van der Waals surface area (Å²) >= 11 is 1.77. The van der Waals surface area contributed by atoms with Crippen LogP contribution in [-0.2, 0) is 10.0 Å². The molecule has 1 saturated heterocycles. The van der Waals surface area contributed by atoms with Gasteiger partial charge in [-0.1, -0.05) is 6.07 Å². The Morgan fingerprint density at radius 1 is 1.12 bits per heavy atom. The van der Waals surface area contributed by atoms with Gasteiger partial charge in [-0.2, -0.15) is 4.31 Å². The second kappa shape index (κ2) is 7.17. The number of hydrogen-bond donors (Lipinski definition) is 0. The summed E-state index contributed by atoms with van der Waals surface area (Å²) in [4.78, 5) is 0.492. The van der Waals surface area contributed by atoms with Crippen LogP contribution in [0.3, 0.4) is 0 Å². The van der Waals surface area contributed by atoms with Crippen LogP contribution >= 0.6 is 11.8 Å². The Labute approximate surface area is 154 Å². The van der Waals surface area contributed by atoms with Gasteiger partial charge in [0.05, 0.1) is 16.4 Å². The van der Waals surface area contributed by atoms with E-state index in [9.17, 15) is 8.42 Å². The number of nitrogens with zero attached hydrogens (tertiary/aromatic N) is 1. The maximum absolute atomic E-state index is 13.4. The standard InChI is InChI=1S/C19H25NO3S2/c1-13-12-14(2)16(4)19(15(13)3)25(21,22)20-8-7-18(24-11-9-20)17-6-5-10-23-17/h5-6,10,12,18H,7-9,11H2,1-4H3/t18-/m1/s1. The molecule has 2 heterocycles. The first-order valence-electron chi connectivity index (χ1n) is 8.55. The number of thioether (sulfide) groups is 1. The molecule has 0 saturated carbocycles. The van der Waals surface area contributed by atoms with Gasteiger partial charge >= 0.3 is 0 Å². The van der Waals surface area contributed by atoms with Gasteiger partial charge in [0, 0.05) is 18.8 Å². The van der Waals surface area contributed by atoms with Gasteiger partial charge in [0.1, 0.15) is 5.76 Å². The minimum atomic E-state index is -3.49. The number of hydrogen-bond acceptors (Lipinski definition) is 4. The third-order valence-corrected chi connectivity index (χ3v) is 8.52. The van der Waals surface area contributed by atoms with Gasteiger partial charge < -0.3 is 4.42 Å². The van der Waals surface area contributed by atoms with E-state index in [0.717, 1.165) is 40.2 Å². The number of rotatable bonds is 3. The van der Waals surface area contributed by atoms with Gasteiger partial charge in [0.25, 0.3) is 0 Å². The quantitative estimate of drug-likeness (QED) is 0.794. The molecule has 3 rings (SSSR count). The van der Waals surface area contributed by atoms with E-state index in [4.69, 9.17) is 4.42 Å². The van der Waals surface area contributed by atoms with Crippen molar-refractivity contribution in [2.45, 2.75) is 44.3 Å². The summed E-state index contributed by atoms with van der Waals surface area (Å²) in [5, 5.41) is 0.219. The molecule has 0 unspecified atom stereocenters. The van der Waals surface area contributed by atoms with Crippen LogP contribution in [0.4, 0.5) is 0 Å². The molecule has 0 spiro atoms. The third kappa shape index (κ3) is 3.52. The molecule has 0 amide bonds. The average Bonchev–Trinajstić information content (AvgIpc) is 2.97. The van der Waals surface area contributed by atoms with Crippen LogP contribution in [0.2, 0.25) is 0 Å². The van der Waals surface area contributed by atoms with E-state index in [2.05, 4.69) is 6.07 Å². The Morgan fingerprint density at radius 2 is 1.80 bits per heavy atom. The van der Waals surface area contributed by atoms with E-state index in [0.29, 0.717) is 18.0 Å². The van der Waals surface area contributed by atoms with Gasteiger partial charge in [-0.05, 0) is 68.5 Å². The van der Waals surface area contributed by atoms with E-state index < -0.39 is 10.0 Å². The summed E-state index contributed by atoms with van der Waals surface area (Å²) in [6.07, 6.45) is 2.44. The van der Waals surface area contributed by atoms with Gasteiger partial charge in [-0.25, -0.2) is 8.42 Å². The first-order valence-corrected chi connectivity index (χ1v) is 11.0. The first kappa shape index (κ1) is 18.5. The summed E-state index contributed by atoms with van der Waals surface area (Å²) in [5.41, 5.74) is 3.78. The van der Waals surface area contributed by atoms with Crippen LogP contribution in [-0.4, -0.2) is 31.6 Å². The minimum Gasteiger partial charge on any atom is -0.468 e. The van der Waals surface area contributed by atoms with Crippen LogP contribution in [0.1, 0.15) is 39.7 Å². The van der Waals surface area contributed by atoms with Crippen molar-refractivity contribution in [3.8, 4) is 0 Å². The Kier molecular flexibility index (Phi) is 5.32. The summed E-state index contributed by atoms with van der Waals surface area (Å²) < 4.78 is 33.9. The zero-order chi connectivity index (χ0) is 18.2. The Balaban J connectivity index is 1.91. The van der Waals surface area contributed by atoms with Gasteiger partial charge in [-0.3, -0.25) is 0 Å². The lowest BCUT2D eigenvalue weighted by Gasteiger charge is -2.24. The molecule has 0 N–H and O–H groups in total. The molecule has 1 aliphatic heterocycles. The number of benzene rings is 1. The van der Waals surface area contributed by atoms with E-state index in [1.165, 1.54) is 0 Å². The number of aryl methyl sites for hydroxylation is 2. The molecular formula is C19H25NO3S2. The summed E-state index contributed by atoms with van der Waals surface area (Å²) in [6.45, 7) is 8.83. The molecule has 6 heteroatoms. The molecule has 0 bridgehead atoms. The predicted octanol–water partition coefficient (Wildman–Crippen LogP) is 4.38. The fourth-order valence-electron chi connectivity index (χ4n) is 3.39. The van der Waals surface area contributed by atoms with E-state index in [1.807, 2.05) is 39.8 Å². The maximum atomic E-state index is 13.4. The fraction of sp³-hybridized carbons (Fsp3) is 0.474. The highest BCUT2D eigenvalue weighted by molar-refractivity contribution is 7.99. The molecule has 25 heavy (non-hydrogen) atoms. The first-order chi connectivity index (χ1) is 11.8. The SMILES string of the molecule is Cc1cc(C)c(C)c(S(=O)(=O)N2CCS[C@@H](c3ccco3)CC2)c1C. The second-order valence-electron chi connectivity index (χ2n) is 6.66. The Morgan fingerprint density at radius 3 is 2.40 bits per heavy atom.